The van der Waals surface area contributed by atoms with Gasteiger partial charge in [0.25, 0.3) is 5.91 Å². The summed E-state index contributed by atoms with van der Waals surface area (Å²) in [6, 6.07) is 17.7. The molecule has 0 atom stereocenters. The minimum atomic E-state index is -0.458. The maximum atomic E-state index is 12.8. The Bertz CT molecular complexity index is 1300. The van der Waals surface area contributed by atoms with E-state index in [0.717, 1.165) is 0 Å². The Morgan fingerprint density at radius 3 is 2.44 bits per heavy atom. The van der Waals surface area contributed by atoms with Crippen molar-refractivity contribution in [1.82, 2.24) is 10.3 Å². The van der Waals surface area contributed by atoms with Crippen molar-refractivity contribution >= 4 is 51.6 Å². The summed E-state index contributed by atoms with van der Waals surface area (Å²) in [6.45, 7) is 0. The number of carbonyl (C=O) groups is 1. The van der Waals surface area contributed by atoms with E-state index in [9.17, 15) is 4.79 Å². The number of rotatable bonds is 5. The maximum Gasteiger partial charge on any atom is 0.264 e. The van der Waals surface area contributed by atoms with Crippen molar-refractivity contribution in [3.8, 4) is 23.0 Å². The number of oxazole rings is 1. The first-order valence-corrected chi connectivity index (χ1v) is 10.3. The number of hydrogen-bond acceptors (Lipinski definition) is 6. The lowest BCUT2D eigenvalue weighted by molar-refractivity contribution is 0.0971. The molecule has 0 saturated heterocycles. The quantitative estimate of drug-likeness (QED) is 0.385. The van der Waals surface area contributed by atoms with Crippen molar-refractivity contribution in [3.05, 3.63) is 71.2 Å². The van der Waals surface area contributed by atoms with E-state index < -0.39 is 5.91 Å². The molecule has 7 nitrogen and oxygen atoms in total. The standard InChI is InChI=1S/C23H18ClN3O4S/c1-29-18-8-5-9-19(30-2)20(18)21(28)27-23(32)25-13-10-11-17-16(12-13)26-22(31-17)14-6-3-4-7-15(14)24/h3-12H,1-2H3,(H2,25,27,28,32). The topological polar surface area (TPSA) is 85.6 Å². The van der Waals surface area contributed by atoms with Gasteiger partial charge in [-0.15, -0.1) is 0 Å². The highest BCUT2D eigenvalue weighted by atomic mass is 35.5. The number of nitrogens with zero attached hydrogens (tertiary/aromatic N) is 1. The third kappa shape index (κ3) is 4.37. The summed E-state index contributed by atoms with van der Waals surface area (Å²) < 4.78 is 16.4. The average Bonchev–Trinajstić information content (AvgIpc) is 3.21. The van der Waals surface area contributed by atoms with Gasteiger partial charge in [0.15, 0.2) is 10.7 Å². The number of thiocarbonyl (C=S) groups is 1. The summed E-state index contributed by atoms with van der Waals surface area (Å²) in [6.07, 6.45) is 0. The molecule has 162 valence electrons. The van der Waals surface area contributed by atoms with Gasteiger partial charge >= 0.3 is 0 Å². The van der Waals surface area contributed by atoms with Gasteiger partial charge in [0.1, 0.15) is 22.6 Å². The number of fused-ring (bicyclic) bond motifs is 1. The minimum absolute atomic E-state index is 0.108. The van der Waals surface area contributed by atoms with Crippen molar-refractivity contribution < 1.29 is 18.7 Å². The molecule has 9 heteroatoms. The van der Waals surface area contributed by atoms with E-state index >= 15 is 0 Å². The van der Waals surface area contributed by atoms with Crippen LogP contribution in [0.4, 0.5) is 5.69 Å². The van der Waals surface area contributed by atoms with Crippen LogP contribution in [0.5, 0.6) is 11.5 Å². The minimum Gasteiger partial charge on any atom is -0.496 e. The van der Waals surface area contributed by atoms with Crippen LogP contribution < -0.4 is 20.1 Å². The fourth-order valence-electron chi connectivity index (χ4n) is 3.16. The summed E-state index contributed by atoms with van der Waals surface area (Å²) in [4.78, 5) is 17.3. The number of anilines is 1. The molecule has 0 bridgehead atoms. The van der Waals surface area contributed by atoms with Crippen LogP contribution in [-0.4, -0.2) is 30.2 Å². The second-order valence-electron chi connectivity index (χ2n) is 6.63. The number of aromatic nitrogens is 1. The smallest absolute Gasteiger partial charge is 0.264 e. The molecular weight excluding hydrogens is 450 g/mol. The van der Waals surface area contributed by atoms with E-state index in [0.29, 0.717) is 44.8 Å². The molecule has 2 N–H and O–H groups in total. The van der Waals surface area contributed by atoms with Gasteiger partial charge in [0.05, 0.1) is 24.8 Å². The lowest BCUT2D eigenvalue weighted by Gasteiger charge is -2.14. The van der Waals surface area contributed by atoms with Crippen molar-refractivity contribution in [3.63, 3.8) is 0 Å². The van der Waals surface area contributed by atoms with E-state index in [1.165, 1.54) is 14.2 Å². The molecule has 32 heavy (non-hydrogen) atoms. The number of methoxy groups -OCH3 is 2. The SMILES string of the molecule is COc1cccc(OC)c1C(=O)NC(=S)Nc1ccc2oc(-c3ccccc3Cl)nc2c1. The van der Waals surface area contributed by atoms with Crippen LogP contribution in [0.3, 0.4) is 0 Å². The Labute approximate surface area is 194 Å². The van der Waals surface area contributed by atoms with Crippen LogP contribution >= 0.6 is 23.8 Å². The number of benzene rings is 3. The Morgan fingerprint density at radius 2 is 1.75 bits per heavy atom. The third-order valence-electron chi connectivity index (χ3n) is 4.63. The number of carbonyl (C=O) groups excluding carboxylic acids is 1. The van der Waals surface area contributed by atoms with Gasteiger partial charge in [0, 0.05) is 5.69 Å². The van der Waals surface area contributed by atoms with Crippen LogP contribution in [0.1, 0.15) is 10.4 Å². The molecule has 3 aromatic carbocycles. The van der Waals surface area contributed by atoms with E-state index in [4.69, 9.17) is 37.7 Å². The molecule has 0 aliphatic rings. The molecule has 0 aliphatic carbocycles. The first-order chi connectivity index (χ1) is 15.5. The van der Waals surface area contributed by atoms with Gasteiger partial charge in [-0.3, -0.25) is 10.1 Å². The molecule has 0 radical (unpaired) electrons. The summed E-state index contributed by atoms with van der Waals surface area (Å²) in [5.41, 5.74) is 2.80. The molecule has 0 saturated carbocycles. The fraction of sp³-hybridized carbons (Fsp3) is 0.0870. The highest BCUT2D eigenvalue weighted by molar-refractivity contribution is 7.80. The van der Waals surface area contributed by atoms with Crippen LogP contribution in [0, 0.1) is 0 Å². The zero-order valence-corrected chi connectivity index (χ0v) is 18.7. The highest BCUT2D eigenvalue weighted by Gasteiger charge is 2.19. The third-order valence-corrected chi connectivity index (χ3v) is 5.17. The highest BCUT2D eigenvalue weighted by Crippen LogP contribution is 2.31. The summed E-state index contributed by atoms with van der Waals surface area (Å²) in [5.74, 6) is 0.712. The van der Waals surface area contributed by atoms with Crippen LogP contribution in [0.25, 0.3) is 22.6 Å². The van der Waals surface area contributed by atoms with Crippen molar-refractivity contribution in [2.24, 2.45) is 0 Å². The molecule has 0 unspecified atom stereocenters. The Kier molecular flexibility index (Phi) is 6.25. The van der Waals surface area contributed by atoms with Crippen LogP contribution in [-0.2, 0) is 0 Å². The molecule has 1 amide bonds. The summed E-state index contributed by atoms with van der Waals surface area (Å²) in [5, 5.41) is 6.28. The fourth-order valence-corrected chi connectivity index (χ4v) is 3.59. The predicted octanol–water partition coefficient (Wildman–Crippen LogP) is 5.29. The lowest BCUT2D eigenvalue weighted by Crippen LogP contribution is -2.34. The number of hydrogen-bond donors (Lipinski definition) is 2. The number of ether oxygens (including phenoxy) is 2. The Morgan fingerprint density at radius 1 is 1.03 bits per heavy atom. The van der Waals surface area contributed by atoms with Gasteiger partial charge in [-0.05, 0) is 54.7 Å². The van der Waals surface area contributed by atoms with Gasteiger partial charge in [-0.1, -0.05) is 29.8 Å². The first-order valence-electron chi connectivity index (χ1n) is 9.49. The lowest BCUT2D eigenvalue weighted by atomic mass is 10.1. The van der Waals surface area contributed by atoms with Crippen LogP contribution in [0.15, 0.2) is 65.1 Å². The van der Waals surface area contributed by atoms with E-state index in [1.807, 2.05) is 18.2 Å². The van der Waals surface area contributed by atoms with Gasteiger partial charge in [-0.2, -0.15) is 0 Å². The monoisotopic (exact) mass is 467 g/mol. The zero-order valence-electron chi connectivity index (χ0n) is 17.1. The molecule has 0 aliphatic heterocycles. The maximum absolute atomic E-state index is 12.8. The number of amides is 1. The molecule has 1 aromatic heterocycles. The van der Waals surface area contributed by atoms with Gasteiger partial charge in [-0.25, -0.2) is 4.98 Å². The first kappa shape index (κ1) is 21.6. The number of halogens is 1. The predicted molar refractivity (Wildman–Crippen MR) is 128 cm³/mol. The zero-order chi connectivity index (χ0) is 22.7. The Hall–Kier alpha value is -3.62. The molecule has 0 spiro atoms. The van der Waals surface area contributed by atoms with E-state index in [1.54, 1.807) is 42.5 Å². The van der Waals surface area contributed by atoms with E-state index in [-0.39, 0.29) is 10.7 Å². The Balaban J connectivity index is 1.52. The molecule has 4 aromatic rings. The molecule has 0 fully saturated rings. The summed E-state index contributed by atoms with van der Waals surface area (Å²) in [7, 11) is 2.96. The summed E-state index contributed by atoms with van der Waals surface area (Å²) >= 11 is 11.5. The van der Waals surface area contributed by atoms with Crippen molar-refractivity contribution in [1.29, 1.82) is 0 Å². The van der Waals surface area contributed by atoms with Crippen molar-refractivity contribution in [2.45, 2.75) is 0 Å². The largest absolute Gasteiger partial charge is 0.496 e. The molecule has 1 heterocycles. The average molecular weight is 468 g/mol. The van der Waals surface area contributed by atoms with Crippen LogP contribution in [0.2, 0.25) is 5.02 Å². The number of nitrogens with one attached hydrogen (secondary N) is 2. The molecule has 4 rings (SSSR count). The second kappa shape index (κ2) is 9.25. The normalized spacial score (nSPS) is 10.6. The van der Waals surface area contributed by atoms with Gasteiger partial charge < -0.3 is 19.2 Å². The second-order valence-corrected chi connectivity index (χ2v) is 7.44. The van der Waals surface area contributed by atoms with Crippen molar-refractivity contribution in [2.75, 3.05) is 19.5 Å². The van der Waals surface area contributed by atoms with Gasteiger partial charge in [0.2, 0.25) is 5.89 Å². The molecular formula is C23H18ClN3O4S. The van der Waals surface area contributed by atoms with E-state index in [2.05, 4.69) is 15.6 Å².